The first-order valence-electron chi connectivity index (χ1n) is 11.5. The van der Waals surface area contributed by atoms with Gasteiger partial charge >= 0.3 is 0 Å². The average molecular weight is 564 g/mol. The van der Waals surface area contributed by atoms with E-state index < -0.39 is 41.6 Å². The number of nitrogens with two attached hydrogens (primary N) is 1. The van der Waals surface area contributed by atoms with Crippen molar-refractivity contribution in [2.24, 2.45) is 0 Å². The molecule has 0 saturated carbocycles. The highest BCUT2D eigenvalue weighted by Crippen LogP contribution is 2.46. The first-order chi connectivity index (χ1) is 18.2. The normalized spacial score (nSPS) is 13.2. The number of nitrogen functional groups attached to an aromatic ring is 1. The maximum absolute atomic E-state index is 14.0. The van der Waals surface area contributed by atoms with Crippen LogP contribution in [-0.2, 0) is 20.2 Å². The van der Waals surface area contributed by atoms with Gasteiger partial charge in [0.05, 0.1) is 0 Å². The largest absolute Gasteiger partial charge is 0.398 e. The summed E-state index contributed by atoms with van der Waals surface area (Å²) in [5.41, 5.74) is 6.62. The van der Waals surface area contributed by atoms with E-state index in [9.17, 15) is 35.5 Å². The lowest BCUT2D eigenvalue weighted by Gasteiger charge is -2.26. The van der Waals surface area contributed by atoms with Crippen molar-refractivity contribution in [3.63, 3.8) is 0 Å². The van der Waals surface area contributed by atoms with Crippen LogP contribution in [-0.4, -0.2) is 37.5 Å². The number of hydrogen-bond acceptors (Lipinski definition) is 7. The number of carbonyl (C=O) groups excluding carboxylic acids is 2. The molecule has 1 aliphatic carbocycles. The Kier molecular flexibility index (Phi) is 6.07. The number of carbonyl (C=O) groups is 2. The number of hydrogen-bond donors (Lipinski definition) is 3. The van der Waals surface area contributed by atoms with Crippen molar-refractivity contribution >= 4 is 37.5 Å². The maximum atomic E-state index is 14.0. The van der Waals surface area contributed by atoms with Crippen molar-refractivity contribution in [1.82, 2.24) is 0 Å². The molecule has 9 nitrogen and oxygen atoms in total. The lowest BCUT2D eigenvalue weighted by molar-refractivity contribution is 0.0980. The molecule has 0 fully saturated rings. The molecule has 5 rings (SSSR count). The summed E-state index contributed by atoms with van der Waals surface area (Å²) in [6.07, 6.45) is 0. The van der Waals surface area contributed by atoms with E-state index in [-0.39, 0.29) is 50.2 Å². The van der Waals surface area contributed by atoms with Crippen LogP contribution in [0, 0.1) is 13.8 Å². The molecule has 198 valence electrons. The fourth-order valence-corrected chi connectivity index (χ4v) is 6.51. The van der Waals surface area contributed by atoms with Crippen molar-refractivity contribution < 1.29 is 35.5 Å². The van der Waals surface area contributed by atoms with E-state index in [1.54, 1.807) is 38.1 Å². The number of anilines is 1. The molecular formula is C28H21NO8S2. The summed E-state index contributed by atoms with van der Waals surface area (Å²) in [4.78, 5) is 26.9. The highest BCUT2D eigenvalue weighted by Gasteiger charge is 2.37. The smallest absolute Gasteiger partial charge is 0.295 e. The topological polar surface area (TPSA) is 169 Å². The predicted octanol–water partition coefficient (Wildman–Crippen LogP) is 4.49. The van der Waals surface area contributed by atoms with Crippen LogP contribution in [0.4, 0.5) is 5.69 Å². The third-order valence-electron chi connectivity index (χ3n) is 6.62. The van der Waals surface area contributed by atoms with E-state index in [0.29, 0.717) is 11.1 Å². The Hall–Kier alpha value is -4.16. The van der Waals surface area contributed by atoms with Gasteiger partial charge in [-0.25, -0.2) is 0 Å². The number of benzene rings is 4. The Morgan fingerprint density at radius 3 is 1.54 bits per heavy atom. The Labute approximate surface area is 224 Å². The SMILES string of the molecule is Cc1ccc(-c2cc(N)c(-c3ccc(C)cc3S(=O)(=O)O)c3c2C(=O)c2ccccc2C3=O)c(S(=O)(=O)O)c1. The molecule has 0 unspecified atom stereocenters. The van der Waals surface area contributed by atoms with Crippen LogP contribution in [0.15, 0.2) is 76.5 Å². The van der Waals surface area contributed by atoms with Gasteiger partial charge in [-0.15, -0.1) is 0 Å². The molecule has 4 N–H and O–H groups in total. The second kappa shape index (κ2) is 8.95. The monoisotopic (exact) mass is 563 g/mol. The number of fused-ring (bicyclic) bond motifs is 2. The van der Waals surface area contributed by atoms with Crippen LogP contribution in [0.25, 0.3) is 22.3 Å². The van der Waals surface area contributed by atoms with Gasteiger partial charge in [-0.05, 0) is 48.7 Å². The maximum Gasteiger partial charge on any atom is 0.295 e. The molecule has 4 aromatic rings. The average Bonchev–Trinajstić information content (AvgIpc) is 2.86. The van der Waals surface area contributed by atoms with Gasteiger partial charge in [0.1, 0.15) is 9.79 Å². The van der Waals surface area contributed by atoms with Crippen molar-refractivity contribution in [3.8, 4) is 22.3 Å². The Morgan fingerprint density at radius 2 is 1.03 bits per heavy atom. The van der Waals surface area contributed by atoms with E-state index in [1.165, 1.54) is 42.5 Å². The Bertz CT molecular complexity index is 1980. The van der Waals surface area contributed by atoms with Crippen molar-refractivity contribution in [2.45, 2.75) is 23.6 Å². The fourth-order valence-electron chi connectivity index (χ4n) is 4.93. The summed E-state index contributed by atoms with van der Waals surface area (Å²) < 4.78 is 69.3. The Balaban J connectivity index is 1.99. The van der Waals surface area contributed by atoms with E-state index in [4.69, 9.17) is 5.73 Å². The highest BCUT2D eigenvalue weighted by atomic mass is 32.2. The fraction of sp³-hybridized carbons (Fsp3) is 0.0714. The molecule has 0 aliphatic heterocycles. The highest BCUT2D eigenvalue weighted by molar-refractivity contribution is 7.86. The molecule has 4 aromatic carbocycles. The third-order valence-corrected chi connectivity index (χ3v) is 8.41. The lowest BCUT2D eigenvalue weighted by Crippen LogP contribution is -2.24. The molecule has 0 heterocycles. The summed E-state index contributed by atoms with van der Waals surface area (Å²) in [6.45, 7) is 3.23. The molecule has 0 aromatic heterocycles. The molecule has 1 aliphatic rings. The van der Waals surface area contributed by atoms with Crippen LogP contribution in [0.2, 0.25) is 0 Å². The number of aryl methyl sites for hydroxylation is 2. The van der Waals surface area contributed by atoms with Crippen LogP contribution >= 0.6 is 0 Å². The minimum absolute atomic E-state index is 0.0350. The van der Waals surface area contributed by atoms with Crippen LogP contribution in [0.5, 0.6) is 0 Å². The molecular weight excluding hydrogens is 542 g/mol. The van der Waals surface area contributed by atoms with Gasteiger partial charge in [0.25, 0.3) is 20.2 Å². The molecule has 11 heteroatoms. The summed E-state index contributed by atoms with van der Waals surface area (Å²) in [5, 5.41) is 0. The zero-order chi connectivity index (χ0) is 28.4. The zero-order valence-electron chi connectivity index (χ0n) is 20.6. The first-order valence-corrected chi connectivity index (χ1v) is 14.4. The van der Waals surface area contributed by atoms with Crippen molar-refractivity contribution in [3.05, 3.63) is 100 Å². The minimum atomic E-state index is -4.80. The van der Waals surface area contributed by atoms with E-state index >= 15 is 0 Å². The minimum Gasteiger partial charge on any atom is -0.398 e. The molecule has 0 bridgehead atoms. The van der Waals surface area contributed by atoms with E-state index in [1.807, 2.05) is 0 Å². The van der Waals surface area contributed by atoms with E-state index in [0.717, 1.165) is 0 Å². The second-order valence-corrected chi connectivity index (χ2v) is 12.1. The van der Waals surface area contributed by atoms with Crippen LogP contribution in [0.1, 0.15) is 43.0 Å². The quantitative estimate of drug-likeness (QED) is 0.211. The second-order valence-electron chi connectivity index (χ2n) is 9.29. The summed E-state index contributed by atoms with van der Waals surface area (Å²) in [7, 11) is -9.57. The van der Waals surface area contributed by atoms with Crippen molar-refractivity contribution in [2.75, 3.05) is 5.73 Å². The predicted molar refractivity (Wildman–Crippen MR) is 144 cm³/mol. The standard InChI is InChI=1S/C28H21NO8S2/c1-14-7-9-16(22(11-14)38(32,33)34)20-13-21(29)24(19-10-8-15(2)12-23(19)39(35,36)37)26-25(20)27(30)17-5-3-4-6-18(17)28(26)31/h3-13H,29H2,1-2H3,(H,32,33,34)(H,35,36,37). The van der Waals surface area contributed by atoms with Gasteiger partial charge < -0.3 is 5.73 Å². The molecule has 0 radical (unpaired) electrons. The third kappa shape index (κ3) is 4.35. The summed E-state index contributed by atoms with van der Waals surface area (Å²) in [6, 6.07) is 15.6. The summed E-state index contributed by atoms with van der Waals surface area (Å²) in [5.74, 6) is -1.27. The zero-order valence-corrected chi connectivity index (χ0v) is 22.2. The van der Waals surface area contributed by atoms with Gasteiger partial charge in [-0.3, -0.25) is 18.7 Å². The van der Waals surface area contributed by atoms with Gasteiger partial charge in [0.2, 0.25) is 0 Å². The molecule has 0 amide bonds. The van der Waals surface area contributed by atoms with Crippen LogP contribution < -0.4 is 5.73 Å². The van der Waals surface area contributed by atoms with E-state index in [2.05, 4.69) is 0 Å². The number of rotatable bonds is 4. The molecule has 39 heavy (non-hydrogen) atoms. The lowest BCUT2D eigenvalue weighted by atomic mass is 9.76. The van der Waals surface area contributed by atoms with Gasteiger partial charge in [0, 0.05) is 44.6 Å². The van der Waals surface area contributed by atoms with Crippen LogP contribution in [0.3, 0.4) is 0 Å². The Morgan fingerprint density at radius 1 is 0.564 bits per heavy atom. The van der Waals surface area contributed by atoms with Gasteiger partial charge in [-0.1, -0.05) is 48.5 Å². The number of ketones is 2. The van der Waals surface area contributed by atoms with Gasteiger partial charge in [-0.2, -0.15) is 16.8 Å². The molecule has 0 spiro atoms. The summed E-state index contributed by atoms with van der Waals surface area (Å²) >= 11 is 0. The molecule has 0 saturated heterocycles. The molecule has 0 atom stereocenters. The van der Waals surface area contributed by atoms with Crippen molar-refractivity contribution in [1.29, 1.82) is 0 Å². The first kappa shape index (κ1) is 26.4. The van der Waals surface area contributed by atoms with Gasteiger partial charge in [0.15, 0.2) is 11.6 Å².